The molecular formula is C24H21ClN6O2. The van der Waals surface area contributed by atoms with Gasteiger partial charge in [-0.2, -0.15) is 15.4 Å². The van der Waals surface area contributed by atoms with Gasteiger partial charge in [0.25, 0.3) is 11.8 Å². The number of fused-ring (bicyclic) bond motifs is 6. The predicted molar refractivity (Wildman–Crippen MR) is 123 cm³/mol. The van der Waals surface area contributed by atoms with E-state index in [1.807, 2.05) is 46.2 Å². The maximum atomic E-state index is 13.2. The molecule has 2 aromatic heterocycles. The monoisotopic (exact) mass is 460 g/mol. The van der Waals surface area contributed by atoms with Crippen LogP contribution < -0.4 is 0 Å². The standard InChI is InChI=1S/C24H21ClN6O2/c25-14-2-4-19-13(5-14)7-22(26-19)24(33)31-10-17-15-8-30(9-16(15)18(17)11-31)23(32)12-1-3-20-21(6-12)28-29-27-20/h1-7,15-18,26H,8-11H2,(H,27,28,29)/t15-,16+,17+,18-. The zero-order valence-corrected chi connectivity index (χ0v) is 18.4. The number of halogens is 1. The molecule has 0 bridgehead atoms. The molecule has 2 amide bonds. The van der Waals surface area contributed by atoms with Crippen LogP contribution in [-0.2, 0) is 0 Å². The second-order valence-corrected chi connectivity index (χ2v) is 9.95. The third kappa shape index (κ3) is 2.83. The lowest BCUT2D eigenvalue weighted by molar-refractivity contribution is 0.0629. The van der Waals surface area contributed by atoms with Crippen molar-refractivity contribution < 1.29 is 9.59 Å². The summed E-state index contributed by atoms with van der Waals surface area (Å²) in [5, 5.41) is 12.3. The number of benzene rings is 2. The van der Waals surface area contributed by atoms with E-state index in [9.17, 15) is 9.59 Å². The summed E-state index contributed by atoms with van der Waals surface area (Å²) in [5.41, 5.74) is 3.63. The van der Waals surface area contributed by atoms with E-state index in [2.05, 4.69) is 20.4 Å². The number of carbonyl (C=O) groups excluding carboxylic acids is 2. The number of aromatic amines is 2. The van der Waals surface area contributed by atoms with Gasteiger partial charge in [-0.15, -0.1) is 0 Å². The molecule has 0 radical (unpaired) electrons. The smallest absolute Gasteiger partial charge is 0.270 e. The zero-order valence-electron chi connectivity index (χ0n) is 17.7. The van der Waals surface area contributed by atoms with Gasteiger partial charge in [-0.1, -0.05) is 11.6 Å². The van der Waals surface area contributed by atoms with E-state index in [-0.39, 0.29) is 11.8 Å². The van der Waals surface area contributed by atoms with Gasteiger partial charge in [-0.25, -0.2) is 0 Å². The van der Waals surface area contributed by atoms with Crippen molar-refractivity contribution in [2.45, 2.75) is 0 Å². The SMILES string of the molecule is O=C(c1ccc2n[nH]nc2c1)N1C[C@@H]2[C@H](C1)[C@H]1CN(C(=O)c3cc4cc(Cl)ccc4[nH]3)C[C@@H]21. The molecule has 2 aromatic carbocycles. The number of H-pyrrole nitrogens is 2. The number of aromatic nitrogens is 4. The van der Waals surface area contributed by atoms with Crippen LogP contribution in [0.2, 0.25) is 5.02 Å². The molecule has 2 aliphatic heterocycles. The molecule has 4 heterocycles. The minimum absolute atomic E-state index is 0.0450. The Balaban J connectivity index is 1.04. The quantitative estimate of drug-likeness (QED) is 0.480. The van der Waals surface area contributed by atoms with E-state index >= 15 is 0 Å². The highest BCUT2D eigenvalue weighted by Gasteiger charge is 2.59. The highest BCUT2D eigenvalue weighted by atomic mass is 35.5. The summed E-state index contributed by atoms with van der Waals surface area (Å²) in [4.78, 5) is 33.5. The second-order valence-electron chi connectivity index (χ2n) is 9.52. The second kappa shape index (κ2) is 6.81. The lowest BCUT2D eigenvalue weighted by atomic mass is 9.60. The van der Waals surface area contributed by atoms with Crippen molar-refractivity contribution in [1.82, 2.24) is 30.2 Å². The first kappa shape index (κ1) is 19.1. The molecule has 8 nitrogen and oxygen atoms in total. The fraction of sp³-hybridized carbons (Fsp3) is 0.333. The van der Waals surface area contributed by atoms with Crippen molar-refractivity contribution in [1.29, 1.82) is 0 Å². The Bertz CT molecular complexity index is 1420. The molecule has 166 valence electrons. The Morgan fingerprint density at radius 1 is 0.818 bits per heavy atom. The molecule has 0 spiro atoms. The third-order valence-corrected chi connectivity index (χ3v) is 8.11. The fourth-order valence-corrected chi connectivity index (χ4v) is 6.43. The number of nitrogens with zero attached hydrogens (tertiary/aromatic N) is 4. The van der Waals surface area contributed by atoms with Gasteiger partial charge in [0, 0.05) is 47.7 Å². The van der Waals surface area contributed by atoms with Gasteiger partial charge in [-0.3, -0.25) is 9.59 Å². The Morgan fingerprint density at radius 3 is 2.21 bits per heavy atom. The molecule has 9 heteroatoms. The zero-order chi connectivity index (χ0) is 22.3. The molecule has 33 heavy (non-hydrogen) atoms. The molecule has 1 saturated carbocycles. The van der Waals surface area contributed by atoms with Crippen molar-refractivity contribution in [3.05, 3.63) is 58.7 Å². The number of nitrogens with one attached hydrogen (secondary N) is 2. The van der Waals surface area contributed by atoms with Crippen LogP contribution in [0.1, 0.15) is 20.8 Å². The largest absolute Gasteiger partial charge is 0.351 e. The Hall–Kier alpha value is -3.39. The number of hydrogen-bond donors (Lipinski definition) is 2. The van der Waals surface area contributed by atoms with E-state index in [0.29, 0.717) is 45.5 Å². The van der Waals surface area contributed by atoms with Gasteiger partial charge in [0.1, 0.15) is 16.7 Å². The summed E-state index contributed by atoms with van der Waals surface area (Å²) >= 11 is 6.08. The molecule has 4 atom stereocenters. The van der Waals surface area contributed by atoms with Gasteiger partial charge < -0.3 is 14.8 Å². The highest BCUT2D eigenvalue weighted by molar-refractivity contribution is 6.31. The molecule has 0 unspecified atom stereocenters. The number of carbonyl (C=O) groups is 2. The van der Waals surface area contributed by atoms with Crippen LogP contribution in [0.25, 0.3) is 21.9 Å². The Labute approximate surface area is 193 Å². The van der Waals surface area contributed by atoms with E-state index in [1.165, 1.54) is 0 Å². The molecule has 7 rings (SSSR count). The fourth-order valence-electron chi connectivity index (χ4n) is 6.25. The maximum Gasteiger partial charge on any atom is 0.270 e. The maximum absolute atomic E-state index is 13.2. The van der Waals surface area contributed by atoms with Crippen LogP contribution in [0, 0.1) is 23.7 Å². The topological polar surface area (TPSA) is 98.0 Å². The van der Waals surface area contributed by atoms with Crippen LogP contribution in [0.5, 0.6) is 0 Å². The predicted octanol–water partition coefficient (Wildman–Crippen LogP) is 3.18. The van der Waals surface area contributed by atoms with Gasteiger partial charge >= 0.3 is 0 Å². The molecule has 3 aliphatic rings. The highest BCUT2D eigenvalue weighted by Crippen LogP contribution is 2.54. The molecule has 1 aliphatic carbocycles. The lowest BCUT2D eigenvalue weighted by Gasteiger charge is -2.42. The summed E-state index contributed by atoms with van der Waals surface area (Å²) in [7, 11) is 0. The van der Waals surface area contributed by atoms with Gasteiger partial charge in [0.15, 0.2) is 0 Å². The number of hydrogen-bond acceptors (Lipinski definition) is 4. The van der Waals surface area contributed by atoms with Crippen LogP contribution >= 0.6 is 11.6 Å². The molecule has 3 fully saturated rings. The average Bonchev–Trinajstić information content (AvgIpc) is 3.59. The summed E-state index contributed by atoms with van der Waals surface area (Å²) in [5.74, 6) is 1.96. The van der Waals surface area contributed by atoms with Crippen molar-refractivity contribution >= 4 is 45.4 Å². The first-order valence-electron chi connectivity index (χ1n) is 11.2. The molecule has 2 N–H and O–H groups in total. The lowest BCUT2D eigenvalue weighted by Crippen LogP contribution is -2.44. The third-order valence-electron chi connectivity index (χ3n) is 7.88. The van der Waals surface area contributed by atoms with Gasteiger partial charge in [-0.05, 0) is 66.1 Å². The van der Waals surface area contributed by atoms with Crippen LogP contribution in [0.15, 0.2) is 42.5 Å². The van der Waals surface area contributed by atoms with Crippen molar-refractivity contribution in [2.24, 2.45) is 23.7 Å². The average molecular weight is 461 g/mol. The molecule has 4 aromatic rings. The van der Waals surface area contributed by atoms with Crippen LogP contribution in [-0.4, -0.2) is 68.2 Å². The van der Waals surface area contributed by atoms with Crippen molar-refractivity contribution in [3.63, 3.8) is 0 Å². The Morgan fingerprint density at radius 2 is 1.48 bits per heavy atom. The van der Waals surface area contributed by atoms with E-state index in [0.717, 1.165) is 42.6 Å². The van der Waals surface area contributed by atoms with Gasteiger partial charge in [0.2, 0.25) is 0 Å². The number of amides is 2. The van der Waals surface area contributed by atoms with E-state index in [4.69, 9.17) is 11.6 Å². The summed E-state index contributed by atoms with van der Waals surface area (Å²) < 4.78 is 0. The molecular weight excluding hydrogens is 440 g/mol. The summed E-state index contributed by atoms with van der Waals surface area (Å²) in [6, 6.07) is 12.9. The number of rotatable bonds is 2. The van der Waals surface area contributed by atoms with E-state index in [1.54, 1.807) is 6.07 Å². The van der Waals surface area contributed by atoms with Crippen LogP contribution in [0.3, 0.4) is 0 Å². The van der Waals surface area contributed by atoms with Gasteiger partial charge in [0.05, 0.1) is 0 Å². The first-order chi connectivity index (χ1) is 16.0. The van der Waals surface area contributed by atoms with E-state index < -0.39 is 0 Å². The van der Waals surface area contributed by atoms with Crippen molar-refractivity contribution in [3.8, 4) is 0 Å². The van der Waals surface area contributed by atoms with Crippen LogP contribution in [0.4, 0.5) is 0 Å². The summed E-state index contributed by atoms with van der Waals surface area (Å²) in [6.07, 6.45) is 0. The minimum Gasteiger partial charge on any atom is -0.351 e. The minimum atomic E-state index is 0.0450. The normalized spacial score (nSPS) is 26.0. The molecule has 2 saturated heterocycles. The first-order valence-corrected chi connectivity index (χ1v) is 11.6. The summed E-state index contributed by atoms with van der Waals surface area (Å²) in [6.45, 7) is 3.03. The number of likely N-dealkylation sites (tertiary alicyclic amines) is 2. The Kier molecular flexibility index (Phi) is 3.94. The van der Waals surface area contributed by atoms with Crippen molar-refractivity contribution in [2.75, 3.05) is 26.2 Å².